The van der Waals surface area contributed by atoms with Crippen molar-refractivity contribution in [2.45, 2.75) is 38.5 Å². The minimum absolute atomic E-state index is 0.236. The molecule has 1 aromatic rings. The fraction of sp³-hybridized carbons (Fsp3) is 0.429. The second kappa shape index (κ2) is 7.01. The van der Waals surface area contributed by atoms with E-state index >= 15 is 0 Å². The molecule has 0 atom stereocenters. The number of hydrogen-bond acceptors (Lipinski definition) is 2. The number of nitrogens with zero attached hydrogens (tertiary/aromatic N) is 1. The molecule has 0 saturated heterocycles. The predicted molar refractivity (Wildman–Crippen MR) is 87.2 cm³/mol. The van der Waals surface area contributed by atoms with E-state index in [9.17, 15) is 0 Å². The molecule has 0 bridgehead atoms. The number of halogens is 1. The average molecular weight is 340 g/mol. The summed E-state index contributed by atoms with van der Waals surface area (Å²) in [6.45, 7) is 0. The lowest BCUT2D eigenvalue weighted by Gasteiger charge is -2.14. The molecule has 0 fully saturated rings. The van der Waals surface area contributed by atoms with Gasteiger partial charge >= 0.3 is 0 Å². The van der Waals surface area contributed by atoms with Crippen molar-refractivity contribution in [3.05, 3.63) is 33.9 Å². The second-order valence-electron chi connectivity index (χ2n) is 4.73. The van der Waals surface area contributed by atoms with Crippen molar-refractivity contribution in [3.8, 4) is 0 Å². The third-order valence-electron chi connectivity index (χ3n) is 3.31. The Morgan fingerprint density at radius 2 is 2.26 bits per heavy atom. The van der Waals surface area contributed by atoms with Gasteiger partial charge in [-0.3, -0.25) is 0 Å². The van der Waals surface area contributed by atoms with E-state index in [1.807, 2.05) is 6.07 Å². The van der Waals surface area contributed by atoms with Gasteiger partial charge in [0.15, 0.2) is 5.11 Å². The molecule has 0 saturated carbocycles. The van der Waals surface area contributed by atoms with E-state index in [0.717, 1.165) is 17.3 Å². The van der Waals surface area contributed by atoms with E-state index in [0.29, 0.717) is 5.82 Å². The van der Waals surface area contributed by atoms with Crippen molar-refractivity contribution in [1.82, 2.24) is 4.98 Å². The Morgan fingerprint density at radius 1 is 1.42 bits per heavy atom. The molecule has 1 aliphatic rings. The summed E-state index contributed by atoms with van der Waals surface area (Å²) in [7, 11) is 0. The van der Waals surface area contributed by atoms with Crippen molar-refractivity contribution in [2.75, 3.05) is 5.32 Å². The van der Waals surface area contributed by atoms with Crippen LogP contribution in [-0.2, 0) is 6.42 Å². The van der Waals surface area contributed by atoms with E-state index < -0.39 is 0 Å². The van der Waals surface area contributed by atoms with Gasteiger partial charge in [0.1, 0.15) is 5.82 Å². The van der Waals surface area contributed by atoms with Gasteiger partial charge in [0, 0.05) is 6.20 Å². The Kier molecular flexibility index (Phi) is 5.34. The highest BCUT2D eigenvalue weighted by atomic mass is 79.9. The summed E-state index contributed by atoms with van der Waals surface area (Å²) in [4.78, 5) is 4.23. The number of thiocarbonyl (C=S) groups is 1. The van der Waals surface area contributed by atoms with Gasteiger partial charge in [-0.15, -0.1) is 0 Å². The van der Waals surface area contributed by atoms with E-state index in [-0.39, 0.29) is 5.11 Å². The minimum atomic E-state index is 0.236. The SMILES string of the molecule is NC(=S)Nc1nccc(CCC2=CCCCC2)c1Br. The standard InChI is InChI=1S/C14H18BrN3S/c15-12-11(7-6-10-4-2-1-3-5-10)8-9-17-13(12)18-14(16)19/h4,8-9H,1-3,5-7H2,(H3,16,17,18,19). The van der Waals surface area contributed by atoms with Crippen LogP contribution in [0.4, 0.5) is 5.82 Å². The monoisotopic (exact) mass is 339 g/mol. The highest BCUT2D eigenvalue weighted by Gasteiger charge is 2.09. The van der Waals surface area contributed by atoms with Crippen LogP contribution in [0.25, 0.3) is 0 Å². The third-order valence-corrected chi connectivity index (χ3v) is 4.30. The molecule has 0 spiro atoms. The van der Waals surface area contributed by atoms with Gasteiger partial charge in [-0.1, -0.05) is 11.6 Å². The maximum absolute atomic E-state index is 5.48. The van der Waals surface area contributed by atoms with Crippen LogP contribution in [0.1, 0.15) is 37.7 Å². The van der Waals surface area contributed by atoms with Gasteiger partial charge in [-0.25, -0.2) is 4.98 Å². The number of anilines is 1. The third kappa shape index (κ3) is 4.28. The summed E-state index contributed by atoms with van der Waals surface area (Å²) in [6.07, 6.45) is 11.5. The molecule has 0 aromatic carbocycles. The molecule has 0 amide bonds. The lowest BCUT2D eigenvalue weighted by atomic mass is 9.94. The summed E-state index contributed by atoms with van der Waals surface area (Å²) in [5, 5.41) is 3.12. The van der Waals surface area contributed by atoms with Gasteiger partial charge in [0.2, 0.25) is 0 Å². The lowest BCUT2D eigenvalue weighted by Crippen LogP contribution is -2.20. The van der Waals surface area contributed by atoms with Crippen LogP contribution in [0, 0.1) is 0 Å². The minimum Gasteiger partial charge on any atom is -0.376 e. The normalized spacial score (nSPS) is 14.9. The van der Waals surface area contributed by atoms with Crippen molar-refractivity contribution < 1.29 is 0 Å². The van der Waals surface area contributed by atoms with E-state index in [1.54, 1.807) is 11.8 Å². The van der Waals surface area contributed by atoms with Crippen LogP contribution in [0.2, 0.25) is 0 Å². The Labute approximate surface area is 127 Å². The van der Waals surface area contributed by atoms with Gasteiger partial charge in [0.05, 0.1) is 4.47 Å². The molecule has 2 rings (SSSR count). The number of hydrogen-bond donors (Lipinski definition) is 2. The first-order valence-electron chi connectivity index (χ1n) is 6.54. The number of nitrogens with one attached hydrogen (secondary N) is 1. The van der Waals surface area contributed by atoms with Crippen LogP contribution < -0.4 is 11.1 Å². The molecule has 0 unspecified atom stereocenters. The van der Waals surface area contributed by atoms with Crippen LogP contribution in [-0.4, -0.2) is 10.1 Å². The topological polar surface area (TPSA) is 50.9 Å². The number of allylic oxidation sites excluding steroid dienone is 2. The molecule has 102 valence electrons. The Hall–Kier alpha value is -0.940. The first-order valence-corrected chi connectivity index (χ1v) is 7.74. The molecule has 1 aromatic heterocycles. The van der Waals surface area contributed by atoms with Gasteiger partial charge < -0.3 is 11.1 Å². The largest absolute Gasteiger partial charge is 0.376 e. The molecule has 19 heavy (non-hydrogen) atoms. The first-order chi connectivity index (χ1) is 9.16. The van der Waals surface area contributed by atoms with Crippen LogP contribution in [0.3, 0.4) is 0 Å². The Bertz CT molecular complexity index is 499. The summed E-state index contributed by atoms with van der Waals surface area (Å²) in [6, 6.07) is 2.04. The quantitative estimate of drug-likeness (QED) is 0.644. The molecule has 0 radical (unpaired) electrons. The fourth-order valence-electron chi connectivity index (χ4n) is 2.31. The zero-order chi connectivity index (χ0) is 13.7. The van der Waals surface area contributed by atoms with E-state index in [2.05, 4.69) is 32.3 Å². The summed E-state index contributed by atoms with van der Waals surface area (Å²) in [5.41, 5.74) is 8.30. The number of pyridine rings is 1. The van der Waals surface area contributed by atoms with Crippen LogP contribution in [0.15, 0.2) is 28.4 Å². The first kappa shape index (κ1) is 14.5. The van der Waals surface area contributed by atoms with Crippen molar-refractivity contribution in [2.24, 2.45) is 5.73 Å². The lowest BCUT2D eigenvalue weighted by molar-refractivity contribution is 0.673. The zero-order valence-corrected chi connectivity index (χ0v) is 13.2. The molecule has 1 aliphatic carbocycles. The summed E-state index contributed by atoms with van der Waals surface area (Å²) >= 11 is 8.42. The molecule has 3 N–H and O–H groups in total. The molecule has 1 heterocycles. The smallest absolute Gasteiger partial charge is 0.169 e. The number of nitrogens with two attached hydrogens (primary N) is 1. The zero-order valence-electron chi connectivity index (χ0n) is 10.8. The highest BCUT2D eigenvalue weighted by molar-refractivity contribution is 9.10. The van der Waals surface area contributed by atoms with Crippen LogP contribution in [0.5, 0.6) is 0 Å². The summed E-state index contributed by atoms with van der Waals surface area (Å²) in [5.74, 6) is 0.697. The maximum Gasteiger partial charge on any atom is 0.169 e. The van der Waals surface area contributed by atoms with Gasteiger partial charge in [-0.2, -0.15) is 0 Å². The average Bonchev–Trinajstić information content (AvgIpc) is 2.40. The van der Waals surface area contributed by atoms with E-state index in [4.69, 9.17) is 18.0 Å². The second-order valence-corrected chi connectivity index (χ2v) is 5.96. The number of aryl methyl sites for hydroxylation is 1. The number of rotatable bonds is 4. The Morgan fingerprint density at radius 3 is 2.95 bits per heavy atom. The fourth-order valence-corrected chi connectivity index (χ4v) is 2.94. The van der Waals surface area contributed by atoms with Crippen LogP contribution >= 0.6 is 28.1 Å². The molecule has 0 aliphatic heterocycles. The molecule has 3 nitrogen and oxygen atoms in total. The van der Waals surface area contributed by atoms with Crippen molar-refractivity contribution in [1.29, 1.82) is 0 Å². The summed E-state index contributed by atoms with van der Waals surface area (Å²) < 4.78 is 0.958. The predicted octanol–water partition coefficient (Wildman–Crippen LogP) is 3.93. The number of aromatic nitrogens is 1. The highest BCUT2D eigenvalue weighted by Crippen LogP contribution is 2.28. The van der Waals surface area contributed by atoms with Gasteiger partial charge in [0.25, 0.3) is 0 Å². The molecular formula is C14H18BrN3S. The molecule has 5 heteroatoms. The molecular weight excluding hydrogens is 322 g/mol. The van der Waals surface area contributed by atoms with Gasteiger partial charge in [-0.05, 0) is 78.3 Å². The Balaban J connectivity index is 2.03. The van der Waals surface area contributed by atoms with Crippen molar-refractivity contribution >= 4 is 39.1 Å². The van der Waals surface area contributed by atoms with E-state index in [1.165, 1.54) is 31.2 Å². The van der Waals surface area contributed by atoms with Crippen molar-refractivity contribution in [3.63, 3.8) is 0 Å². The maximum atomic E-state index is 5.48.